The fourth-order valence-corrected chi connectivity index (χ4v) is 3.34. The second-order valence-corrected chi connectivity index (χ2v) is 6.40. The summed E-state index contributed by atoms with van der Waals surface area (Å²) in [4.78, 5) is 14.5. The van der Waals surface area contributed by atoms with E-state index in [1.807, 2.05) is 0 Å². The van der Waals surface area contributed by atoms with Gasteiger partial charge in [-0.1, -0.05) is 12.8 Å². The fourth-order valence-electron chi connectivity index (χ4n) is 3.34. The number of aliphatic hydroxyl groups is 1. The summed E-state index contributed by atoms with van der Waals surface area (Å²) in [5.74, 6) is -1.88. The molecule has 2 unspecified atom stereocenters. The van der Waals surface area contributed by atoms with E-state index >= 15 is 0 Å². The van der Waals surface area contributed by atoms with E-state index in [9.17, 15) is 18.7 Å². The lowest BCUT2D eigenvalue weighted by molar-refractivity contribution is 0.0557. The standard InChI is InChI=1S/C19H21F2NO3/c20-15-8-7-13(11-16(15)21)19(24)22-9-3-1-2-5-14(22)12-17(23)18-6-4-10-25-18/h4,6-8,10-11,14,17,23H,1-3,5,9,12H2. The lowest BCUT2D eigenvalue weighted by Gasteiger charge is -2.31. The van der Waals surface area contributed by atoms with Gasteiger partial charge in [0.25, 0.3) is 5.91 Å². The molecule has 2 atom stereocenters. The van der Waals surface area contributed by atoms with Crippen molar-refractivity contribution in [3.8, 4) is 0 Å². The molecule has 0 saturated carbocycles. The number of hydrogen-bond donors (Lipinski definition) is 1. The summed E-state index contributed by atoms with van der Waals surface area (Å²) in [7, 11) is 0. The van der Waals surface area contributed by atoms with E-state index in [1.54, 1.807) is 17.0 Å². The average molecular weight is 349 g/mol. The Bertz CT molecular complexity index is 717. The number of amides is 1. The monoisotopic (exact) mass is 349 g/mol. The van der Waals surface area contributed by atoms with Gasteiger partial charge in [-0.3, -0.25) is 4.79 Å². The molecule has 2 heterocycles. The second kappa shape index (κ2) is 7.78. The Morgan fingerprint density at radius 1 is 1.24 bits per heavy atom. The van der Waals surface area contributed by atoms with Gasteiger partial charge in [0.2, 0.25) is 0 Å². The molecule has 0 bridgehead atoms. The van der Waals surface area contributed by atoms with Crippen LogP contribution in [0.25, 0.3) is 0 Å². The predicted octanol–water partition coefficient (Wildman–Crippen LogP) is 4.07. The third kappa shape index (κ3) is 4.07. The molecular weight excluding hydrogens is 328 g/mol. The van der Waals surface area contributed by atoms with Gasteiger partial charge >= 0.3 is 0 Å². The molecule has 1 aromatic heterocycles. The smallest absolute Gasteiger partial charge is 0.254 e. The van der Waals surface area contributed by atoms with Gasteiger partial charge < -0.3 is 14.4 Å². The number of furan rings is 1. The van der Waals surface area contributed by atoms with Crippen LogP contribution in [0, 0.1) is 11.6 Å². The summed E-state index contributed by atoms with van der Waals surface area (Å²) in [6.07, 6.45) is 4.60. The van der Waals surface area contributed by atoms with E-state index in [4.69, 9.17) is 4.42 Å². The lowest BCUT2D eigenvalue weighted by Crippen LogP contribution is -2.41. The number of halogens is 2. The largest absolute Gasteiger partial charge is 0.467 e. The highest BCUT2D eigenvalue weighted by Gasteiger charge is 2.29. The quantitative estimate of drug-likeness (QED) is 0.905. The molecule has 0 radical (unpaired) electrons. The highest BCUT2D eigenvalue weighted by molar-refractivity contribution is 5.94. The number of carbonyl (C=O) groups excluding carboxylic acids is 1. The van der Waals surface area contributed by atoms with Gasteiger partial charge in [0.05, 0.1) is 6.26 Å². The number of likely N-dealkylation sites (tertiary alicyclic amines) is 1. The molecule has 4 nitrogen and oxygen atoms in total. The van der Waals surface area contributed by atoms with Gasteiger partial charge in [0, 0.05) is 24.6 Å². The summed E-state index contributed by atoms with van der Waals surface area (Å²) in [6.45, 7) is 0.535. The van der Waals surface area contributed by atoms with E-state index in [0.717, 1.165) is 37.8 Å². The van der Waals surface area contributed by atoms with Gasteiger partial charge in [0.15, 0.2) is 11.6 Å². The summed E-state index contributed by atoms with van der Waals surface area (Å²) in [5.41, 5.74) is 0.123. The van der Waals surface area contributed by atoms with Crippen LogP contribution in [0.1, 0.15) is 54.3 Å². The van der Waals surface area contributed by atoms with Crippen molar-refractivity contribution in [2.24, 2.45) is 0 Å². The molecular formula is C19H21F2NO3. The second-order valence-electron chi connectivity index (χ2n) is 6.40. The van der Waals surface area contributed by atoms with E-state index in [2.05, 4.69) is 0 Å². The maximum absolute atomic E-state index is 13.5. The van der Waals surface area contributed by atoms with Crippen molar-refractivity contribution in [2.45, 2.75) is 44.2 Å². The number of hydrogen-bond acceptors (Lipinski definition) is 3. The maximum atomic E-state index is 13.5. The van der Waals surface area contributed by atoms with E-state index in [-0.39, 0.29) is 17.5 Å². The third-order valence-corrected chi connectivity index (χ3v) is 4.67. The molecule has 1 N–H and O–H groups in total. The summed E-state index contributed by atoms with van der Waals surface area (Å²) >= 11 is 0. The first-order valence-corrected chi connectivity index (χ1v) is 8.53. The molecule has 1 amide bonds. The van der Waals surface area contributed by atoms with Crippen molar-refractivity contribution in [3.63, 3.8) is 0 Å². The van der Waals surface area contributed by atoms with Crippen molar-refractivity contribution in [1.29, 1.82) is 0 Å². The van der Waals surface area contributed by atoms with Gasteiger partial charge in [-0.15, -0.1) is 0 Å². The molecule has 134 valence electrons. The van der Waals surface area contributed by atoms with Crippen molar-refractivity contribution < 1.29 is 23.1 Å². The number of carbonyl (C=O) groups is 1. The SMILES string of the molecule is O=C(c1ccc(F)c(F)c1)N1CCCCCC1CC(O)c1ccco1. The van der Waals surface area contributed by atoms with Gasteiger partial charge in [0.1, 0.15) is 11.9 Å². The molecule has 1 saturated heterocycles. The van der Waals surface area contributed by atoms with Gasteiger partial charge in [-0.25, -0.2) is 8.78 Å². The molecule has 1 aliphatic heterocycles. The minimum Gasteiger partial charge on any atom is -0.467 e. The Morgan fingerprint density at radius 2 is 2.08 bits per heavy atom. The maximum Gasteiger partial charge on any atom is 0.254 e. The molecule has 1 aliphatic rings. The van der Waals surface area contributed by atoms with Crippen LogP contribution in [-0.2, 0) is 0 Å². The Morgan fingerprint density at radius 3 is 2.80 bits per heavy atom. The Labute approximate surface area is 145 Å². The molecule has 0 aliphatic carbocycles. The summed E-state index contributed by atoms with van der Waals surface area (Å²) in [6, 6.07) is 6.42. The number of nitrogens with zero attached hydrogens (tertiary/aromatic N) is 1. The van der Waals surface area contributed by atoms with Crippen molar-refractivity contribution in [2.75, 3.05) is 6.54 Å². The van der Waals surface area contributed by atoms with Crippen molar-refractivity contribution >= 4 is 5.91 Å². The van der Waals surface area contributed by atoms with Crippen LogP contribution in [0.3, 0.4) is 0 Å². The summed E-state index contributed by atoms with van der Waals surface area (Å²) < 4.78 is 31.8. The molecule has 1 fully saturated rings. The number of benzene rings is 1. The van der Waals surface area contributed by atoms with Crippen LogP contribution < -0.4 is 0 Å². The first kappa shape index (κ1) is 17.6. The van der Waals surface area contributed by atoms with Crippen LogP contribution >= 0.6 is 0 Å². The first-order valence-electron chi connectivity index (χ1n) is 8.53. The van der Waals surface area contributed by atoms with Crippen LogP contribution in [0.4, 0.5) is 8.78 Å². The number of aliphatic hydroxyl groups excluding tert-OH is 1. The molecule has 6 heteroatoms. The predicted molar refractivity (Wildman–Crippen MR) is 87.9 cm³/mol. The van der Waals surface area contributed by atoms with E-state index in [1.165, 1.54) is 12.3 Å². The Hall–Kier alpha value is -2.21. The van der Waals surface area contributed by atoms with Crippen LogP contribution in [0.15, 0.2) is 41.0 Å². The third-order valence-electron chi connectivity index (χ3n) is 4.67. The van der Waals surface area contributed by atoms with Crippen LogP contribution in [0.2, 0.25) is 0 Å². The van der Waals surface area contributed by atoms with Crippen molar-refractivity contribution in [1.82, 2.24) is 4.90 Å². The molecule has 3 rings (SSSR count). The minimum atomic E-state index is -1.03. The topological polar surface area (TPSA) is 53.7 Å². The van der Waals surface area contributed by atoms with E-state index < -0.39 is 17.7 Å². The van der Waals surface area contributed by atoms with Crippen molar-refractivity contribution in [3.05, 3.63) is 59.6 Å². The molecule has 2 aromatic rings. The zero-order valence-corrected chi connectivity index (χ0v) is 13.8. The Balaban J connectivity index is 1.79. The fraction of sp³-hybridized carbons (Fsp3) is 0.421. The van der Waals surface area contributed by atoms with Crippen LogP contribution in [0.5, 0.6) is 0 Å². The molecule has 1 aromatic carbocycles. The van der Waals surface area contributed by atoms with Gasteiger partial charge in [-0.2, -0.15) is 0 Å². The first-order chi connectivity index (χ1) is 12.1. The highest BCUT2D eigenvalue weighted by atomic mass is 19.2. The highest BCUT2D eigenvalue weighted by Crippen LogP contribution is 2.28. The lowest BCUT2D eigenvalue weighted by atomic mass is 10.0. The normalized spacial score (nSPS) is 19.5. The molecule has 0 spiro atoms. The number of rotatable bonds is 4. The van der Waals surface area contributed by atoms with Crippen LogP contribution in [-0.4, -0.2) is 28.5 Å². The summed E-state index contributed by atoms with van der Waals surface area (Å²) in [5, 5.41) is 10.4. The average Bonchev–Trinajstić information content (AvgIpc) is 3.05. The Kier molecular flexibility index (Phi) is 5.48. The van der Waals surface area contributed by atoms with Gasteiger partial charge in [-0.05, 0) is 43.2 Å². The zero-order chi connectivity index (χ0) is 17.8. The molecule has 25 heavy (non-hydrogen) atoms. The minimum absolute atomic E-state index is 0.123. The zero-order valence-electron chi connectivity index (χ0n) is 13.8. The van der Waals surface area contributed by atoms with E-state index in [0.29, 0.717) is 18.7 Å².